The van der Waals surface area contributed by atoms with E-state index in [0.717, 1.165) is 0 Å². The number of carbonyl (C=O) groups is 2. The lowest BCUT2D eigenvalue weighted by atomic mass is 10.2. The first kappa shape index (κ1) is 11.0. The molecule has 0 aliphatic carbocycles. The van der Waals surface area contributed by atoms with Crippen LogP contribution in [0.1, 0.15) is 16.2 Å². The standard InChI is InChI=1S/C9H10N2O4S/c1-5-2-7(15-10-5)8(12)11-4-16-3-6(11)9(13)14/h2,6H,3-4H2,1H3,(H,13,14). The molecule has 6 nitrogen and oxygen atoms in total. The predicted octanol–water partition coefficient (Wildman–Crippen LogP) is 0.583. The molecule has 1 atom stereocenters. The van der Waals surface area contributed by atoms with Crippen molar-refractivity contribution in [2.75, 3.05) is 11.6 Å². The largest absolute Gasteiger partial charge is 0.480 e. The fraction of sp³-hybridized carbons (Fsp3) is 0.444. The highest BCUT2D eigenvalue weighted by Crippen LogP contribution is 2.23. The molecule has 0 spiro atoms. The maximum Gasteiger partial charge on any atom is 0.327 e. The molecule has 2 rings (SSSR count). The Morgan fingerprint density at radius 2 is 2.44 bits per heavy atom. The lowest BCUT2D eigenvalue weighted by Crippen LogP contribution is -2.41. The Bertz CT molecular complexity index is 431. The average Bonchev–Trinajstić information content (AvgIpc) is 2.84. The number of carboxylic acid groups (broad SMARTS) is 1. The Labute approximate surface area is 95.6 Å². The molecule has 1 aliphatic rings. The van der Waals surface area contributed by atoms with Crippen LogP contribution in [-0.2, 0) is 4.79 Å². The summed E-state index contributed by atoms with van der Waals surface area (Å²) in [7, 11) is 0. The van der Waals surface area contributed by atoms with Gasteiger partial charge in [0.1, 0.15) is 6.04 Å². The number of hydrogen-bond donors (Lipinski definition) is 1. The molecular weight excluding hydrogens is 232 g/mol. The fourth-order valence-corrected chi connectivity index (χ4v) is 2.60. The van der Waals surface area contributed by atoms with Gasteiger partial charge in [0.2, 0.25) is 5.76 Å². The van der Waals surface area contributed by atoms with Gasteiger partial charge in [-0.25, -0.2) is 4.79 Å². The summed E-state index contributed by atoms with van der Waals surface area (Å²) in [4.78, 5) is 24.1. The van der Waals surface area contributed by atoms with Crippen LogP contribution in [0, 0.1) is 6.92 Å². The second-order valence-corrected chi connectivity index (χ2v) is 4.46. The minimum atomic E-state index is -0.991. The molecule has 0 saturated carbocycles. The van der Waals surface area contributed by atoms with Gasteiger partial charge < -0.3 is 14.5 Å². The van der Waals surface area contributed by atoms with Crippen LogP contribution >= 0.6 is 11.8 Å². The van der Waals surface area contributed by atoms with Crippen LogP contribution in [0.5, 0.6) is 0 Å². The van der Waals surface area contributed by atoms with Crippen LogP contribution in [0.3, 0.4) is 0 Å². The zero-order valence-electron chi connectivity index (χ0n) is 8.54. The van der Waals surface area contributed by atoms with Crippen molar-refractivity contribution in [3.63, 3.8) is 0 Å². The van der Waals surface area contributed by atoms with E-state index in [1.807, 2.05) is 0 Å². The summed E-state index contributed by atoms with van der Waals surface area (Å²) in [6.07, 6.45) is 0. The Balaban J connectivity index is 2.18. The topological polar surface area (TPSA) is 83.6 Å². The molecule has 1 unspecified atom stereocenters. The van der Waals surface area contributed by atoms with E-state index in [1.165, 1.54) is 22.7 Å². The zero-order valence-corrected chi connectivity index (χ0v) is 9.36. The van der Waals surface area contributed by atoms with Gasteiger partial charge in [0.15, 0.2) is 0 Å². The van der Waals surface area contributed by atoms with E-state index in [-0.39, 0.29) is 5.76 Å². The fourth-order valence-electron chi connectivity index (χ4n) is 1.45. The van der Waals surface area contributed by atoms with Gasteiger partial charge in [0, 0.05) is 11.8 Å². The predicted molar refractivity (Wildman–Crippen MR) is 56.2 cm³/mol. The van der Waals surface area contributed by atoms with E-state index in [2.05, 4.69) is 5.16 Å². The summed E-state index contributed by atoms with van der Waals surface area (Å²) < 4.78 is 4.82. The molecule has 1 aromatic rings. The molecule has 1 N–H and O–H groups in total. The third-order valence-corrected chi connectivity index (χ3v) is 3.28. The molecule has 1 fully saturated rings. The second kappa shape index (κ2) is 4.17. The molecule has 0 bridgehead atoms. The number of rotatable bonds is 2. The Kier molecular flexibility index (Phi) is 2.86. The van der Waals surface area contributed by atoms with Gasteiger partial charge in [-0.1, -0.05) is 5.16 Å². The maximum absolute atomic E-state index is 11.9. The van der Waals surface area contributed by atoms with E-state index >= 15 is 0 Å². The van der Waals surface area contributed by atoms with Gasteiger partial charge in [0.05, 0.1) is 11.6 Å². The number of carbonyl (C=O) groups excluding carboxylic acids is 1. The van der Waals surface area contributed by atoms with Crippen LogP contribution < -0.4 is 0 Å². The summed E-state index contributed by atoms with van der Waals surface area (Å²) in [5, 5.41) is 12.5. The minimum Gasteiger partial charge on any atom is -0.480 e. The normalized spacial score (nSPS) is 20.1. The molecule has 16 heavy (non-hydrogen) atoms. The van der Waals surface area contributed by atoms with Crippen molar-refractivity contribution in [1.82, 2.24) is 10.1 Å². The van der Waals surface area contributed by atoms with Crippen LogP contribution in [-0.4, -0.2) is 44.7 Å². The first-order chi connectivity index (χ1) is 7.59. The van der Waals surface area contributed by atoms with Crippen molar-refractivity contribution in [3.8, 4) is 0 Å². The SMILES string of the molecule is Cc1cc(C(=O)N2CSCC2C(=O)O)on1. The maximum atomic E-state index is 11.9. The van der Waals surface area contributed by atoms with Gasteiger partial charge in [-0.15, -0.1) is 11.8 Å². The molecule has 1 aromatic heterocycles. The number of carboxylic acids is 1. The quantitative estimate of drug-likeness (QED) is 0.816. The Hall–Kier alpha value is -1.50. The smallest absolute Gasteiger partial charge is 0.327 e. The van der Waals surface area contributed by atoms with E-state index in [0.29, 0.717) is 17.3 Å². The van der Waals surface area contributed by atoms with Gasteiger partial charge in [-0.2, -0.15) is 0 Å². The number of hydrogen-bond acceptors (Lipinski definition) is 5. The van der Waals surface area contributed by atoms with Crippen LogP contribution in [0.25, 0.3) is 0 Å². The molecule has 1 aliphatic heterocycles. The lowest BCUT2D eigenvalue weighted by molar-refractivity contribution is -0.140. The summed E-state index contributed by atoms with van der Waals surface area (Å²) in [5.74, 6) is -0.539. The third kappa shape index (κ3) is 1.90. The van der Waals surface area contributed by atoms with Gasteiger partial charge >= 0.3 is 5.97 Å². The lowest BCUT2D eigenvalue weighted by Gasteiger charge is -2.18. The average molecular weight is 242 g/mol. The molecule has 86 valence electrons. The van der Waals surface area contributed by atoms with Gasteiger partial charge in [-0.05, 0) is 6.92 Å². The highest BCUT2D eigenvalue weighted by atomic mass is 32.2. The van der Waals surface area contributed by atoms with Crippen molar-refractivity contribution >= 4 is 23.6 Å². The first-order valence-corrected chi connectivity index (χ1v) is 5.80. The Morgan fingerprint density at radius 1 is 1.69 bits per heavy atom. The van der Waals surface area contributed by atoms with E-state index in [9.17, 15) is 9.59 Å². The number of nitrogens with zero attached hydrogens (tertiary/aromatic N) is 2. The van der Waals surface area contributed by atoms with Crippen molar-refractivity contribution < 1.29 is 19.2 Å². The van der Waals surface area contributed by atoms with Crippen LogP contribution in [0.4, 0.5) is 0 Å². The summed E-state index contributed by atoms with van der Waals surface area (Å²) in [5.41, 5.74) is 0.599. The van der Waals surface area contributed by atoms with Crippen molar-refractivity contribution in [2.24, 2.45) is 0 Å². The number of aromatic nitrogens is 1. The van der Waals surface area contributed by atoms with Gasteiger partial charge in [0.25, 0.3) is 5.91 Å². The number of aryl methyl sites for hydroxylation is 1. The highest BCUT2D eigenvalue weighted by molar-refractivity contribution is 7.99. The molecular formula is C9H10N2O4S. The minimum absolute atomic E-state index is 0.0891. The van der Waals surface area contributed by atoms with Crippen LogP contribution in [0.15, 0.2) is 10.6 Å². The van der Waals surface area contributed by atoms with E-state index in [4.69, 9.17) is 9.63 Å². The van der Waals surface area contributed by atoms with Gasteiger partial charge in [-0.3, -0.25) is 4.79 Å². The molecule has 0 radical (unpaired) electrons. The molecule has 1 saturated heterocycles. The summed E-state index contributed by atoms with van der Waals surface area (Å²) in [6.45, 7) is 1.70. The molecule has 7 heteroatoms. The van der Waals surface area contributed by atoms with Crippen molar-refractivity contribution in [2.45, 2.75) is 13.0 Å². The third-order valence-electron chi connectivity index (χ3n) is 2.27. The molecule has 0 aromatic carbocycles. The van der Waals surface area contributed by atoms with E-state index < -0.39 is 17.9 Å². The van der Waals surface area contributed by atoms with Crippen molar-refractivity contribution in [1.29, 1.82) is 0 Å². The summed E-state index contributed by atoms with van der Waals surface area (Å²) in [6, 6.07) is 0.729. The second-order valence-electron chi connectivity index (χ2n) is 3.46. The Morgan fingerprint density at radius 3 is 3.00 bits per heavy atom. The molecule has 2 heterocycles. The van der Waals surface area contributed by atoms with Crippen LogP contribution in [0.2, 0.25) is 0 Å². The highest BCUT2D eigenvalue weighted by Gasteiger charge is 2.36. The van der Waals surface area contributed by atoms with E-state index in [1.54, 1.807) is 6.92 Å². The number of amides is 1. The number of thioether (sulfide) groups is 1. The monoisotopic (exact) mass is 242 g/mol. The summed E-state index contributed by atoms with van der Waals surface area (Å²) >= 11 is 1.41. The zero-order chi connectivity index (χ0) is 11.7. The molecule has 1 amide bonds. The first-order valence-electron chi connectivity index (χ1n) is 4.64. The van der Waals surface area contributed by atoms with Crippen molar-refractivity contribution in [3.05, 3.63) is 17.5 Å². The number of aliphatic carboxylic acids is 1.